The van der Waals surface area contributed by atoms with Gasteiger partial charge in [0.15, 0.2) is 0 Å². The van der Waals surface area contributed by atoms with Crippen LogP contribution in [-0.4, -0.2) is 44.6 Å². The molecule has 0 aromatic carbocycles. The molecule has 2 N–H and O–H groups in total. The van der Waals surface area contributed by atoms with Gasteiger partial charge >= 0.3 is 5.51 Å². The maximum absolute atomic E-state index is 11.8. The molecule has 9 heteroatoms. The Morgan fingerprint density at radius 2 is 1.89 bits per heavy atom. The average Bonchev–Trinajstić information content (AvgIpc) is 3.02. The molecule has 0 heterocycles. The van der Waals surface area contributed by atoms with Gasteiger partial charge in [0.1, 0.15) is 0 Å². The Hall–Kier alpha value is 0.01000. The number of sulfonamides is 1. The molecule has 4 nitrogen and oxygen atoms in total. The van der Waals surface area contributed by atoms with Crippen LogP contribution in [-0.2, 0) is 10.0 Å². The van der Waals surface area contributed by atoms with Crippen LogP contribution in [0, 0.1) is 0 Å². The molecule has 18 heavy (non-hydrogen) atoms. The second-order valence-electron chi connectivity index (χ2n) is 4.09. The van der Waals surface area contributed by atoms with E-state index in [1.54, 1.807) is 0 Å². The van der Waals surface area contributed by atoms with Crippen molar-refractivity contribution in [1.82, 2.24) is 10.0 Å². The summed E-state index contributed by atoms with van der Waals surface area (Å²) in [5.74, 6) is -0.355. The van der Waals surface area contributed by atoms with E-state index in [0.717, 1.165) is 12.8 Å². The Morgan fingerprint density at radius 1 is 1.22 bits per heavy atom. The third kappa shape index (κ3) is 9.01. The second-order valence-corrected chi connectivity index (χ2v) is 7.18. The Morgan fingerprint density at radius 3 is 2.44 bits per heavy atom. The van der Waals surface area contributed by atoms with E-state index in [-0.39, 0.29) is 29.8 Å². The van der Waals surface area contributed by atoms with Crippen molar-refractivity contribution in [2.75, 3.05) is 24.6 Å². The summed E-state index contributed by atoms with van der Waals surface area (Å²) in [6.07, 6.45) is 2.75. The second kappa shape index (κ2) is 6.97. The van der Waals surface area contributed by atoms with E-state index in [0.29, 0.717) is 19.0 Å². The molecule has 0 aliphatic heterocycles. The molecular formula is C9H17F3N2O2S2. The molecule has 0 bridgehead atoms. The van der Waals surface area contributed by atoms with E-state index in [4.69, 9.17) is 0 Å². The van der Waals surface area contributed by atoms with Gasteiger partial charge < -0.3 is 5.32 Å². The highest BCUT2D eigenvalue weighted by Gasteiger charge is 2.27. The number of rotatable bonds is 9. The molecular weight excluding hydrogens is 289 g/mol. The van der Waals surface area contributed by atoms with E-state index in [1.165, 1.54) is 0 Å². The number of hydrogen-bond donors (Lipinski definition) is 2. The summed E-state index contributed by atoms with van der Waals surface area (Å²) in [4.78, 5) is 0. The molecule has 0 amide bonds. The Labute approximate surface area is 109 Å². The van der Waals surface area contributed by atoms with Crippen LogP contribution in [0.2, 0.25) is 0 Å². The van der Waals surface area contributed by atoms with Crippen molar-refractivity contribution in [1.29, 1.82) is 0 Å². The first-order chi connectivity index (χ1) is 8.29. The lowest BCUT2D eigenvalue weighted by molar-refractivity contribution is -0.0327. The lowest BCUT2D eigenvalue weighted by Crippen LogP contribution is -2.30. The van der Waals surface area contributed by atoms with Gasteiger partial charge in [0, 0.05) is 18.3 Å². The number of thioether (sulfide) groups is 1. The first-order valence-electron chi connectivity index (χ1n) is 5.70. The van der Waals surface area contributed by atoms with E-state index in [1.807, 2.05) is 0 Å². The Bertz CT molecular complexity index is 342. The summed E-state index contributed by atoms with van der Waals surface area (Å²) in [5, 5.41) is 3.17. The first-order valence-corrected chi connectivity index (χ1v) is 8.34. The largest absolute Gasteiger partial charge is 0.441 e. The summed E-state index contributed by atoms with van der Waals surface area (Å²) in [6, 6.07) is 0.531. The number of alkyl halides is 3. The molecule has 1 rings (SSSR count). The van der Waals surface area contributed by atoms with Gasteiger partial charge in [-0.25, -0.2) is 13.1 Å². The summed E-state index contributed by atoms with van der Waals surface area (Å²) in [5.41, 5.74) is -4.31. The number of hydrogen-bond acceptors (Lipinski definition) is 4. The lowest BCUT2D eigenvalue weighted by Gasteiger charge is -2.08. The van der Waals surface area contributed by atoms with Gasteiger partial charge in [0.2, 0.25) is 10.0 Å². The van der Waals surface area contributed by atoms with Crippen molar-refractivity contribution in [3.8, 4) is 0 Å². The van der Waals surface area contributed by atoms with Crippen LogP contribution in [0.25, 0.3) is 0 Å². The topological polar surface area (TPSA) is 58.2 Å². The third-order valence-corrected chi connectivity index (χ3v) is 4.50. The van der Waals surface area contributed by atoms with Crippen molar-refractivity contribution >= 4 is 21.8 Å². The molecule has 1 saturated carbocycles. The highest BCUT2D eigenvalue weighted by atomic mass is 32.2. The molecule has 108 valence electrons. The van der Waals surface area contributed by atoms with Crippen LogP contribution in [0.5, 0.6) is 0 Å². The van der Waals surface area contributed by atoms with Crippen molar-refractivity contribution in [3.05, 3.63) is 0 Å². The molecule has 0 aromatic heterocycles. The van der Waals surface area contributed by atoms with Gasteiger partial charge in [-0.3, -0.25) is 0 Å². The fourth-order valence-electron chi connectivity index (χ4n) is 1.29. The monoisotopic (exact) mass is 306 g/mol. The molecule has 0 unspecified atom stereocenters. The summed E-state index contributed by atoms with van der Waals surface area (Å²) in [7, 11) is -3.45. The smallest absolute Gasteiger partial charge is 0.314 e. The molecule has 0 saturated heterocycles. The minimum atomic E-state index is -4.31. The van der Waals surface area contributed by atoms with Crippen molar-refractivity contribution in [3.63, 3.8) is 0 Å². The van der Waals surface area contributed by atoms with Crippen molar-refractivity contribution < 1.29 is 21.6 Å². The zero-order valence-corrected chi connectivity index (χ0v) is 11.4. The fourth-order valence-corrected chi connectivity index (χ4v) is 2.94. The maximum atomic E-state index is 11.8. The van der Waals surface area contributed by atoms with E-state index < -0.39 is 15.5 Å². The standard InChI is InChI=1S/C9H17F3N2O2S2/c10-9(11,12)17-6-5-14-18(15,16)7-1-4-13-8-2-3-8/h8,13-14H,1-7H2. The first kappa shape index (κ1) is 16.1. The summed E-state index contributed by atoms with van der Waals surface area (Å²) < 4.78 is 60.3. The highest BCUT2D eigenvalue weighted by molar-refractivity contribution is 8.00. The van der Waals surface area contributed by atoms with E-state index in [2.05, 4.69) is 10.0 Å². The SMILES string of the molecule is O=S(=O)(CCCNC1CC1)NCCSC(F)(F)F. The predicted octanol–water partition coefficient (Wildman–Crippen LogP) is 1.30. The van der Waals surface area contributed by atoms with Gasteiger partial charge in [-0.2, -0.15) is 13.2 Å². The van der Waals surface area contributed by atoms with Gasteiger partial charge in [-0.15, -0.1) is 0 Å². The lowest BCUT2D eigenvalue weighted by atomic mass is 10.5. The number of halogens is 3. The minimum absolute atomic E-state index is 0.0522. The minimum Gasteiger partial charge on any atom is -0.314 e. The molecule has 0 radical (unpaired) electrons. The van der Waals surface area contributed by atoms with Crippen molar-refractivity contribution in [2.24, 2.45) is 0 Å². The Kier molecular flexibility index (Phi) is 6.22. The van der Waals surface area contributed by atoms with Gasteiger partial charge in [0.25, 0.3) is 0 Å². The predicted molar refractivity (Wildman–Crippen MR) is 65.9 cm³/mol. The maximum Gasteiger partial charge on any atom is 0.441 e. The Balaban J connectivity index is 2.03. The molecule has 0 atom stereocenters. The molecule has 0 spiro atoms. The molecule has 1 aliphatic carbocycles. The molecule has 1 fully saturated rings. The molecule has 0 aromatic rings. The van der Waals surface area contributed by atoms with Gasteiger partial charge in [-0.05, 0) is 37.6 Å². The molecule has 1 aliphatic rings. The highest BCUT2D eigenvalue weighted by Crippen LogP contribution is 2.29. The van der Waals surface area contributed by atoms with Crippen LogP contribution in [0.4, 0.5) is 13.2 Å². The quantitative estimate of drug-likeness (QED) is 0.631. The number of nitrogens with one attached hydrogen (secondary N) is 2. The average molecular weight is 306 g/mol. The third-order valence-electron chi connectivity index (χ3n) is 2.29. The van der Waals surface area contributed by atoms with Gasteiger partial charge in [-0.1, -0.05) is 0 Å². The van der Waals surface area contributed by atoms with Crippen LogP contribution in [0.1, 0.15) is 19.3 Å². The zero-order chi connectivity index (χ0) is 13.6. The summed E-state index contributed by atoms with van der Waals surface area (Å²) in [6.45, 7) is 0.436. The summed E-state index contributed by atoms with van der Waals surface area (Å²) >= 11 is -0.225. The normalized spacial score (nSPS) is 17.1. The van der Waals surface area contributed by atoms with Crippen molar-refractivity contribution in [2.45, 2.75) is 30.8 Å². The van der Waals surface area contributed by atoms with Crippen LogP contribution >= 0.6 is 11.8 Å². The zero-order valence-electron chi connectivity index (χ0n) is 9.79. The van der Waals surface area contributed by atoms with Gasteiger partial charge in [0.05, 0.1) is 5.75 Å². The van der Waals surface area contributed by atoms with Crippen LogP contribution in [0.15, 0.2) is 0 Å². The van der Waals surface area contributed by atoms with Crippen LogP contribution in [0.3, 0.4) is 0 Å². The van der Waals surface area contributed by atoms with Crippen LogP contribution < -0.4 is 10.0 Å². The fraction of sp³-hybridized carbons (Fsp3) is 1.00. The van der Waals surface area contributed by atoms with E-state index >= 15 is 0 Å². The van der Waals surface area contributed by atoms with E-state index in [9.17, 15) is 21.6 Å².